The fourth-order valence-corrected chi connectivity index (χ4v) is 4.09. The lowest BCUT2D eigenvalue weighted by atomic mass is 9.98. The van der Waals surface area contributed by atoms with Gasteiger partial charge in [0.05, 0.1) is 6.54 Å². The molecule has 2 aromatic heterocycles. The monoisotopic (exact) mass is 415 g/mol. The maximum Gasteiger partial charge on any atom is 0.329 e. The van der Waals surface area contributed by atoms with E-state index in [9.17, 15) is 19.5 Å². The molecule has 1 saturated heterocycles. The fourth-order valence-electron chi connectivity index (χ4n) is 4.09. The Bertz CT molecular complexity index is 1140. The number of aromatic nitrogens is 4. The van der Waals surface area contributed by atoms with Crippen LogP contribution in [-0.4, -0.2) is 54.8 Å². The van der Waals surface area contributed by atoms with Crippen LogP contribution in [0, 0.1) is 11.8 Å². The Balaban J connectivity index is 2.11. The molecule has 0 aromatic carbocycles. The first kappa shape index (κ1) is 21.5. The average molecular weight is 415 g/mol. The van der Waals surface area contributed by atoms with Crippen LogP contribution in [0.2, 0.25) is 0 Å². The number of H-pyrrole nitrogens is 1. The smallest absolute Gasteiger partial charge is 0.329 e. The topological polar surface area (TPSA) is 119 Å². The molecule has 3 rings (SSSR count). The van der Waals surface area contributed by atoms with E-state index in [1.54, 1.807) is 18.5 Å². The van der Waals surface area contributed by atoms with Gasteiger partial charge in [-0.15, -0.1) is 5.92 Å². The highest BCUT2D eigenvalue weighted by molar-refractivity contribution is 5.74. The third-order valence-corrected chi connectivity index (χ3v) is 5.36. The molecule has 10 heteroatoms. The molecule has 1 aliphatic heterocycles. The van der Waals surface area contributed by atoms with Gasteiger partial charge in [-0.2, -0.15) is 4.98 Å². The van der Waals surface area contributed by atoms with Gasteiger partial charge in [-0.05, 0) is 40.5 Å². The van der Waals surface area contributed by atoms with Crippen LogP contribution in [-0.2, 0) is 13.6 Å². The van der Waals surface area contributed by atoms with Crippen LogP contribution >= 0.6 is 0 Å². The molecule has 1 aliphatic rings. The number of aryl methyl sites for hydroxylation is 1. The second kappa shape index (κ2) is 7.89. The average Bonchev–Trinajstić information content (AvgIpc) is 3.03. The zero-order chi connectivity index (χ0) is 22.2. The van der Waals surface area contributed by atoms with E-state index in [-0.39, 0.29) is 23.8 Å². The van der Waals surface area contributed by atoms with E-state index >= 15 is 0 Å². The highest BCUT2D eigenvalue weighted by Gasteiger charge is 2.34. The number of rotatable bonds is 3. The van der Waals surface area contributed by atoms with Crippen LogP contribution in [0.3, 0.4) is 0 Å². The number of aromatic amines is 1. The Labute approximate surface area is 174 Å². The van der Waals surface area contributed by atoms with Crippen LogP contribution in [0.1, 0.15) is 40.5 Å². The highest BCUT2D eigenvalue weighted by Crippen LogP contribution is 2.27. The van der Waals surface area contributed by atoms with E-state index in [1.165, 1.54) is 9.47 Å². The van der Waals surface area contributed by atoms with Crippen LogP contribution < -0.4 is 21.3 Å². The molecule has 0 radical (unpaired) electrons. The lowest BCUT2D eigenvalue weighted by Crippen LogP contribution is -2.60. The minimum atomic E-state index is -1.21. The number of nitrogens with one attached hydrogen (secondary N) is 1. The molecule has 0 aliphatic carbocycles. The van der Waals surface area contributed by atoms with Crippen molar-refractivity contribution in [3.63, 3.8) is 0 Å². The summed E-state index contributed by atoms with van der Waals surface area (Å²) in [5.74, 6) is 6.26. The molecule has 0 saturated carbocycles. The molecule has 0 unspecified atom stereocenters. The molecular weight excluding hydrogens is 388 g/mol. The van der Waals surface area contributed by atoms with Gasteiger partial charge in [-0.3, -0.25) is 18.9 Å². The van der Waals surface area contributed by atoms with E-state index in [2.05, 4.69) is 21.8 Å². The van der Waals surface area contributed by atoms with Crippen molar-refractivity contribution in [1.82, 2.24) is 24.0 Å². The quantitative estimate of drug-likeness (QED) is 0.697. The van der Waals surface area contributed by atoms with Gasteiger partial charge in [0, 0.05) is 31.7 Å². The van der Waals surface area contributed by atoms with E-state index in [1.807, 2.05) is 25.7 Å². The summed E-state index contributed by atoms with van der Waals surface area (Å²) >= 11 is 0. The summed E-state index contributed by atoms with van der Waals surface area (Å²) in [4.78, 5) is 46.6. The first-order chi connectivity index (χ1) is 14.1. The number of piperidine rings is 1. The van der Waals surface area contributed by atoms with Gasteiger partial charge in [0.15, 0.2) is 11.2 Å². The molecule has 3 heterocycles. The number of carboxylic acid groups (broad SMARTS) is 1. The highest BCUT2D eigenvalue weighted by atomic mass is 16.4. The normalized spacial score (nSPS) is 17.0. The number of fused-ring (bicyclic) bond motifs is 1. The molecule has 1 fully saturated rings. The van der Waals surface area contributed by atoms with Gasteiger partial charge in [-0.1, -0.05) is 5.92 Å². The SMILES string of the molecule is CC#CCn1c(N2CCC[C@@H](N(C(=O)[O-])C(C)(C)C)C2)nc2c1c(=O)[nH]c(=O)n2C. The van der Waals surface area contributed by atoms with Crippen molar-refractivity contribution in [2.24, 2.45) is 7.05 Å². The number of hydrogen-bond donors (Lipinski definition) is 1. The third kappa shape index (κ3) is 3.79. The van der Waals surface area contributed by atoms with Gasteiger partial charge in [0.2, 0.25) is 5.95 Å². The van der Waals surface area contributed by atoms with E-state index < -0.39 is 22.9 Å². The van der Waals surface area contributed by atoms with Gasteiger partial charge in [0.1, 0.15) is 6.09 Å². The van der Waals surface area contributed by atoms with Crippen LogP contribution in [0.25, 0.3) is 11.2 Å². The zero-order valence-electron chi connectivity index (χ0n) is 18.0. The minimum Gasteiger partial charge on any atom is -0.530 e. The third-order valence-electron chi connectivity index (χ3n) is 5.36. The number of imidazole rings is 1. The summed E-state index contributed by atoms with van der Waals surface area (Å²) in [5, 5.41) is 11.8. The molecule has 1 amide bonds. The number of hydrogen-bond acceptors (Lipinski definition) is 6. The van der Waals surface area contributed by atoms with Crippen LogP contribution in [0.15, 0.2) is 9.59 Å². The Morgan fingerprint density at radius 1 is 1.37 bits per heavy atom. The largest absolute Gasteiger partial charge is 0.530 e. The number of anilines is 1. The maximum atomic E-state index is 12.5. The summed E-state index contributed by atoms with van der Waals surface area (Å²) in [7, 11) is 1.55. The first-order valence-electron chi connectivity index (χ1n) is 9.90. The Kier molecular flexibility index (Phi) is 5.65. The number of amides is 1. The molecular formula is C20H27N6O4-. The molecule has 0 spiro atoms. The number of carbonyl (C=O) groups excluding carboxylic acids is 1. The van der Waals surface area contributed by atoms with Gasteiger partial charge < -0.3 is 19.7 Å². The molecule has 1 N–H and O–H groups in total. The molecule has 162 valence electrons. The molecule has 30 heavy (non-hydrogen) atoms. The Morgan fingerprint density at radius 2 is 2.07 bits per heavy atom. The molecule has 0 bridgehead atoms. The van der Waals surface area contributed by atoms with Crippen molar-refractivity contribution in [3.8, 4) is 11.8 Å². The van der Waals surface area contributed by atoms with Gasteiger partial charge in [0.25, 0.3) is 5.56 Å². The summed E-state index contributed by atoms with van der Waals surface area (Å²) in [6.45, 7) is 8.50. The fraction of sp³-hybridized carbons (Fsp3) is 0.600. The minimum absolute atomic E-state index is 0.230. The van der Waals surface area contributed by atoms with Gasteiger partial charge >= 0.3 is 5.69 Å². The summed E-state index contributed by atoms with van der Waals surface area (Å²) in [6, 6.07) is -0.281. The van der Waals surface area contributed by atoms with E-state index in [0.717, 1.165) is 6.42 Å². The first-order valence-corrected chi connectivity index (χ1v) is 9.90. The summed E-state index contributed by atoms with van der Waals surface area (Å²) < 4.78 is 2.98. The standard InChI is InChI=1S/C20H28N6O4/c1-6-7-11-25-14-15(23(5)18(28)22-16(14)27)21-17(25)24-10-8-9-13(12-24)26(19(29)30)20(2,3)4/h13H,8-12H2,1-5H3,(H,29,30)(H,22,27,28)/p-1/t13-/m1/s1. The molecule has 1 atom stereocenters. The Hall–Kier alpha value is -3.22. The second-order valence-electron chi connectivity index (χ2n) is 8.46. The van der Waals surface area contributed by atoms with Crippen molar-refractivity contribution in [2.45, 2.75) is 58.7 Å². The summed E-state index contributed by atoms with van der Waals surface area (Å²) in [6.07, 6.45) is 0.247. The second-order valence-corrected chi connectivity index (χ2v) is 8.46. The van der Waals surface area contributed by atoms with Crippen LogP contribution in [0.4, 0.5) is 10.7 Å². The number of carbonyl (C=O) groups is 1. The van der Waals surface area contributed by atoms with Crippen molar-refractivity contribution in [1.29, 1.82) is 0 Å². The van der Waals surface area contributed by atoms with Gasteiger partial charge in [-0.25, -0.2) is 4.79 Å². The molecule has 10 nitrogen and oxygen atoms in total. The predicted octanol–water partition coefficient (Wildman–Crippen LogP) is -0.141. The molecule has 2 aromatic rings. The van der Waals surface area contributed by atoms with Crippen molar-refractivity contribution < 1.29 is 9.90 Å². The lowest BCUT2D eigenvalue weighted by molar-refractivity contribution is -0.273. The summed E-state index contributed by atoms with van der Waals surface area (Å²) in [5.41, 5.74) is -1.14. The Morgan fingerprint density at radius 3 is 2.67 bits per heavy atom. The zero-order valence-corrected chi connectivity index (χ0v) is 18.0. The van der Waals surface area contributed by atoms with Crippen molar-refractivity contribution in [3.05, 3.63) is 20.8 Å². The number of nitrogens with zero attached hydrogens (tertiary/aromatic N) is 5. The van der Waals surface area contributed by atoms with Crippen LogP contribution in [0.5, 0.6) is 0 Å². The maximum absolute atomic E-state index is 12.5. The van der Waals surface area contributed by atoms with E-state index in [4.69, 9.17) is 0 Å². The lowest BCUT2D eigenvalue weighted by Gasteiger charge is -2.47. The van der Waals surface area contributed by atoms with Crippen molar-refractivity contribution in [2.75, 3.05) is 18.0 Å². The van der Waals surface area contributed by atoms with E-state index in [0.29, 0.717) is 25.5 Å². The predicted molar refractivity (Wildman–Crippen MR) is 111 cm³/mol. The van der Waals surface area contributed by atoms with Crippen molar-refractivity contribution >= 4 is 23.2 Å².